The van der Waals surface area contributed by atoms with Crippen LogP contribution < -0.4 is 79.4 Å². The maximum Gasteiger partial charge on any atom is 1.00 e. The van der Waals surface area contributed by atoms with Gasteiger partial charge < -0.3 is 44.3 Å². The van der Waals surface area contributed by atoms with Gasteiger partial charge in [-0.15, -0.1) is 0 Å². The molecule has 30 heavy (non-hydrogen) atoms. The van der Waals surface area contributed by atoms with Crippen LogP contribution in [0.25, 0.3) is 11.2 Å². The number of aromatic nitrogens is 4. The maximum absolute atomic E-state index is 10.7. The van der Waals surface area contributed by atoms with Crippen molar-refractivity contribution in [3.63, 3.8) is 0 Å². The van der Waals surface area contributed by atoms with Crippen LogP contribution in [0.15, 0.2) is 6.33 Å². The van der Waals surface area contributed by atoms with E-state index in [-0.39, 0.29) is 82.1 Å². The molecule has 0 spiro atoms. The largest absolute Gasteiger partial charge is 1.00 e. The molecule has 4 N–H and O–H groups in total. The van der Waals surface area contributed by atoms with E-state index in [1.165, 1.54) is 10.9 Å². The molecule has 1 aliphatic heterocycles. The number of fused-ring (bicyclic) bond motifs is 1. The molecule has 1 fully saturated rings. The van der Waals surface area contributed by atoms with Crippen molar-refractivity contribution in [2.24, 2.45) is 0 Å². The third kappa shape index (κ3) is 6.35. The summed E-state index contributed by atoms with van der Waals surface area (Å²) in [5.41, 5.74) is 6.22. The first-order valence-corrected chi connectivity index (χ1v) is 9.98. The first kappa shape index (κ1) is 28.2. The van der Waals surface area contributed by atoms with Crippen LogP contribution in [-0.4, -0.2) is 61.3 Å². The molecule has 2 aromatic rings. The van der Waals surface area contributed by atoms with E-state index in [0.717, 1.165) is 12.8 Å². The third-order valence-electron chi connectivity index (χ3n) is 4.19. The Kier molecular flexibility index (Phi) is 11.1. The summed E-state index contributed by atoms with van der Waals surface area (Å²) in [7, 11) is -5.27. The number of hydrogen-bond acceptors (Lipinski definition) is 12. The third-order valence-corrected chi connectivity index (χ3v) is 4.66. The fourth-order valence-corrected chi connectivity index (χ4v) is 3.12. The molecule has 3 heterocycles. The molecule has 0 amide bonds. The number of phosphoric ester groups is 1. The van der Waals surface area contributed by atoms with Crippen molar-refractivity contribution in [1.82, 2.24) is 19.5 Å². The van der Waals surface area contributed by atoms with E-state index in [1.807, 2.05) is 6.92 Å². The second kappa shape index (κ2) is 11.8. The van der Waals surface area contributed by atoms with Crippen molar-refractivity contribution in [2.45, 2.75) is 44.3 Å². The number of aliphatic hydroxyl groups is 2. The molecule has 1 aliphatic rings. The standard InChI is InChI=1S/C14H22N5O8P.2Na/c1-2-3-4-25-14-18-8-11(15)16-6-17-12(8)19(14)13-10(21)9(20)7(27-13)5-26-28(22,23)24;;/h6-7,9-10,13,20-21H,2-5H2,1H3,(H2,15,16,17)(H2,22,23,24);;/q;2*+1/p-2. The van der Waals surface area contributed by atoms with Crippen LogP contribution >= 0.6 is 7.82 Å². The minimum absolute atomic E-state index is 0. The summed E-state index contributed by atoms with van der Waals surface area (Å²) in [6.07, 6.45) is -2.76. The Morgan fingerprint density at radius 3 is 2.63 bits per heavy atom. The summed E-state index contributed by atoms with van der Waals surface area (Å²) in [6.45, 7) is 1.54. The molecule has 156 valence electrons. The smallest absolute Gasteiger partial charge is 0.790 e. The van der Waals surface area contributed by atoms with Gasteiger partial charge in [0.1, 0.15) is 24.6 Å². The normalized spacial score (nSPS) is 23.8. The molecule has 1 saturated heterocycles. The number of hydrogen-bond donors (Lipinski definition) is 3. The van der Waals surface area contributed by atoms with Gasteiger partial charge in [-0.2, -0.15) is 4.98 Å². The number of ether oxygens (including phenoxy) is 2. The zero-order valence-corrected chi connectivity index (χ0v) is 21.8. The molecule has 0 radical (unpaired) electrons. The van der Waals surface area contributed by atoms with Crippen molar-refractivity contribution in [3.05, 3.63) is 6.33 Å². The Morgan fingerprint density at radius 2 is 2.00 bits per heavy atom. The molecule has 4 unspecified atom stereocenters. The number of aliphatic hydroxyl groups excluding tert-OH is 2. The summed E-state index contributed by atoms with van der Waals surface area (Å²) in [6, 6.07) is 0.0341. The topological polar surface area (TPSA) is 201 Å². The van der Waals surface area contributed by atoms with Gasteiger partial charge in [-0.05, 0) is 6.42 Å². The summed E-state index contributed by atoms with van der Waals surface area (Å²) >= 11 is 0. The summed E-state index contributed by atoms with van der Waals surface area (Å²) in [5.74, 6) is 0.0793. The van der Waals surface area contributed by atoms with E-state index in [1.54, 1.807) is 0 Å². The Hall–Kier alpha value is 0.140. The van der Waals surface area contributed by atoms with E-state index in [2.05, 4.69) is 19.5 Å². The summed E-state index contributed by atoms with van der Waals surface area (Å²) in [5, 5.41) is 20.6. The van der Waals surface area contributed by atoms with Crippen molar-refractivity contribution in [2.75, 3.05) is 18.9 Å². The van der Waals surface area contributed by atoms with Crippen molar-refractivity contribution in [3.8, 4) is 6.01 Å². The number of nitrogens with zero attached hydrogens (tertiary/aromatic N) is 4. The van der Waals surface area contributed by atoms with Crippen LogP contribution in [0.2, 0.25) is 0 Å². The van der Waals surface area contributed by atoms with E-state index < -0.39 is 39.0 Å². The molecule has 13 nitrogen and oxygen atoms in total. The van der Waals surface area contributed by atoms with E-state index >= 15 is 0 Å². The van der Waals surface area contributed by atoms with Crippen LogP contribution in [0.1, 0.15) is 26.0 Å². The minimum Gasteiger partial charge on any atom is -0.790 e. The van der Waals surface area contributed by atoms with Gasteiger partial charge in [0, 0.05) is 0 Å². The van der Waals surface area contributed by atoms with Crippen molar-refractivity contribution in [1.29, 1.82) is 0 Å². The number of anilines is 1. The Bertz CT molecular complexity index is 883. The second-order valence-corrected chi connectivity index (χ2v) is 7.34. The van der Waals surface area contributed by atoms with Gasteiger partial charge in [-0.25, -0.2) is 14.5 Å². The monoisotopic (exact) mass is 463 g/mol. The molecule has 0 saturated carbocycles. The summed E-state index contributed by atoms with van der Waals surface area (Å²) in [4.78, 5) is 33.5. The van der Waals surface area contributed by atoms with Gasteiger partial charge in [0.2, 0.25) is 0 Å². The van der Waals surface area contributed by atoms with Gasteiger partial charge in [0.25, 0.3) is 0 Å². The molecular weight excluding hydrogens is 443 g/mol. The number of nitrogens with two attached hydrogens (primary N) is 1. The molecule has 0 aliphatic carbocycles. The number of nitrogen functional groups attached to an aromatic ring is 1. The number of rotatable bonds is 8. The average Bonchev–Trinajstić information content (AvgIpc) is 3.12. The van der Waals surface area contributed by atoms with E-state index in [9.17, 15) is 24.6 Å². The Balaban J connectivity index is 0.00000225. The van der Waals surface area contributed by atoms with Crippen molar-refractivity contribution < 1.29 is 97.7 Å². The molecule has 0 aromatic carbocycles. The first-order chi connectivity index (χ1) is 13.2. The zero-order valence-electron chi connectivity index (χ0n) is 16.9. The fourth-order valence-electron chi connectivity index (χ4n) is 2.79. The molecule has 0 bridgehead atoms. The van der Waals surface area contributed by atoms with Crippen LogP contribution in [-0.2, 0) is 13.8 Å². The van der Waals surface area contributed by atoms with Crippen LogP contribution in [0.3, 0.4) is 0 Å². The fraction of sp³-hybridized carbons (Fsp3) is 0.643. The number of phosphoric acid groups is 1. The predicted molar refractivity (Wildman–Crippen MR) is 89.6 cm³/mol. The average molecular weight is 463 g/mol. The van der Waals surface area contributed by atoms with Crippen LogP contribution in [0.5, 0.6) is 6.01 Å². The first-order valence-electron chi connectivity index (χ1n) is 8.52. The Labute approximate surface area is 216 Å². The summed E-state index contributed by atoms with van der Waals surface area (Å²) < 4.78 is 27.3. The van der Waals surface area contributed by atoms with E-state index in [4.69, 9.17) is 15.2 Å². The Morgan fingerprint density at radius 1 is 1.30 bits per heavy atom. The van der Waals surface area contributed by atoms with Gasteiger partial charge in [0.15, 0.2) is 23.2 Å². The molecule has 2 aromatic heterocycles. The van der Waals surface area contributed by atoms with Gasteiger partial charge in [-0.3, -0.25) is 0 Å². The van der Waals surface area contributed by atoms with Crippen LogP contribution in [0.4, 0.5) is 5.82 Å². The molecular formula is C14H20N5Na2O8P. The number of imidazole rings is 1. The van der Waals surface area contributed by atoms with Gasteiger partial charge in [0.05, 0.1) is 21.0 Å². The second-order valence-electron chi connectivity index (χ2n) is 6.19. The maximum atomic E-state index is 10.7. The van der Waals surface area contributed by atoms with Crippen molar-refractivity contribution >= 4 is 24.8 Å². The van der Waals surface area contributed by atoms with Crippen LogP contribution in [0, 0.1) is 0 Å². The van der Waals surface area contributed by atoms with Gasteiger partial charge in [-0.1, -0.05) is 13.3 Å². The molecule has 3 rings (SSSR count). The van der Waals surface area contributed by atoms with E-state index in [0.29, 0.717) is 6.61 Å². The number of unbranched alkanes of at least 4 members (excludes halogenated alkanes) is 1. The predicted octanol–water partition coefficient (Wildman–Crippen LogP) is -7.94. The molecule has 4 atom stereocenters. The molecule has 16 heteroatoms. The SMILES string of the molecule is CCCCOc1nc2c(N)ncnc2n1C1OC(COP(=O)([O-])[O-])C(O)C1O.[Na+].[Na+]. The minimum atomic E-state index is -5.27. The quantitative estimate of drug-likeness (QED) is 0.190. The zero-order chi connectivity index (χ0) is 20.5. The van der Waals surface area contributed by atoms with Gasteiger partial charge >= 0.3 is 65.1 Å².